The molecule has 1 aromatic carbocycles. The average Bonchev–Trinajstić information content (AvgIpc) is 2.22. The van der Waals surface area contributed by atoms with E-state index in [4.69, 9.17) is 0 Å². The summed E-state index contributed by atoms with van der Waals surface area (Å²) >= 11 is 3.51. The summed E-state index contributed by atoms with van der Waals surface area (Å²) in [5.74, 6) is 0. The second-order valence-corrected chi connectivity index (χ2v) is 6.59. The number of fused-ring (bicyclic) bond motifs is 1. The standard InChI is InChI=1S/C13H19BrN2/c1-12(2)8-15-10-6-5-9(14)7-11(10)16-13(12,3)4/h5-7,15-16H,8H2,1-4H3. The van der Waals surface area contributed by atoms with Gasteiger partial charge in [-0.2, -0.15) is 0 Å². The van der Waals surface area contributed by atoms with E-state index in [-0.39, 0.29) is 11.0 Å². The fourth-order valence-corrected chi connectivity index (χ4v) is 2.18. The third kappa shape index (κ3) is 1.93. The van der Waals surface area contributed by atoms with Crippen LogP contribution >= 0.6 is 15.9 Å². The van der Waals surface area contributed by atoms with Gasteiger partial charge in [0.1, 0.15) is 0 Å². The maximum Gasteiger partial charge on any atom is 0.0591 e. The van der Waals surface area contributed by atoms with Crippen LogP contribution in [0.5, 0.6) is 0 Å². The molecule has 88 valence electrons. The van der Waals surface area contributed by atoms with Crippen molar-refractivity contribution in [3.05, 3.63) is 22.7 Å². The summed E-state index contributed by atoms with van der Waals surface area (Å²) in [4.78, 5) is 0. The van der Waals surface area contributed by atoms with Gasteiger partial charge in [-0.1, -0.05) is 29.8 Å². The van der Waals surface area contributed by atoms with Crippen molar-refractivity contribution in [2.45, 2.75) is 33.2 Å². The van der Waals surface area contributed by atoms with Gasteiger partial charge in [-0.05, 0) is 32.0 Å². The summed E-state index contributed by atoms with van der Waals surface area (Å²) in [5, 5.41) is 7.15. The molecule has 16 heavy (non-hydrogen) atoms. The molecule has 0 saturated carbocycles. The summed E-state index contributed by atoms with van der Waals surface area (Å²) in [7, 11) is 0. The number of benzene rings is 1. The first-order chi connectivity index (χ1) is 7.32. The molecule has 1 heterocycles. The molecule has 0 fully saturated rings. The van der Waals surface area contributed by atoms with Crippen molar-refractivity contribution in [2.24, 2.45) is 5.41 Å². The fourth-order valence-electron chi connectivity index (χ4n) is 1.82. The third-order valence-electron chi connectivity index (χ3n) is 3.84. The minimum absolute atomic E-state index is 0.0616. The van der Waals surface area contributed by atoms with Crippen LogP contribution in [0.25, 0.3) is 0 Å². The Hall–Kier alpha value is -0.700. The molecule has 0 amide bonds. The molecule has 3 heteroatoms. The summed E-state index contributed by atoms with van der Waals surface area (Å²) in [6, 6.07) is 6.31. The molecule has 2 rings (SSSR count). The lowest BCUT2D eigenvalue weighted by molar-refractivity contribution is 0.245. The van der Waals surface area contributed by atoms with E-state index in [1.54, 1.807) is 0 Å². The van der Waals surface area contributed by atoms with Crippen molar-refractivity contribution in [1.29, 1.82) is 0 Å². The van der Waals surface area contributed by atoms with E-state index in [1.807, 2.05) is 0 Å². The van der Waals surface area contributed by atoms with Crippen LogP contribution in [-0.4, -0.2) is 12.1 Å². The minimum atomic E-state index is 0.0616. The molecular formula is C13H19BrN2. The first-order valence-corrected chi connectivity index (χ1v) is 6.43. The van der Waals surface area contributed by atoms with Crippen molar-refractivity contribution in [3.63, 3.8) is 0 Å². The highest BCUT2D eigenvalue weighted by Crippen LogP contribution is 2.40. The molecule has 0 radical (unpaired) electrons. The number of rotatable bonds is 0. The highest BCUT2D eigenvalue weighted by Gasteiger charge is 2.39. The molecular weight excluding hydrogens is 264 g/mol. The molecule has 2 nitrogen and oxygen atoms in total. The predicted molar refractivity (Wildman–Crippen MR) is 74.1 cm³/mol. The molecule has 0 unspecified atom stereocenters. The highest BCUT2D eigenvalue weighted by atomic mass is 79.9. The van der Waals surface area contributed by atoms with Gasteiger partial charge < -0.3 is 10.6 Å². The maximum absolute atomic E-state index is 3.64. The topological polar surface area (TPSA) is 24.1 Å². The second kappa shape index (κ2) is 3.66. The molecule has 0 aromatic heterocycles. The third-order valence-corrected chi connectivity index (χ3v) is 4.33. The Kier molecular flexibility index (Phi) is 2.69. The van der Waals surface area contributed by atoms with Gasteiger partial charge in [-0.3, -0.25) is 0 Å². The lowest BCUT2D eigenvalue weighted by atomic mass is 9.74. The largest absolute Gasteiger partial charge is 0.383 e. The van der Waals surface area contributed by atoms with E-state index in [1.165, 1.54) is 11.4 Å². The number of anilines is 2. The SMILES string of the molecule is CC1(C)CNc2ccc(Br)cc2NC1(C)C. The van der Waals surface area contributed by atoms with Crippen LogP contribution in [0.3, 0.4) is 0 Å². The zero-order valence-electron chi connectivity index (χ0n) is 10.3. The Balaban J connectivity index is 2.44. The van der Waals surface area contributed by atoms with E-state index in [0.29, 0.717) is 0 Å². The van der Waals surface area contributed by atoms with Gasteiger partial charge in [0.25, 0.3) is 0 Å². The lowest BCUT2D eigenvalue weighted by Gasteiger charge is -2.41. The number of hydrogen-bond donors (Lipinski definition) is 2. The normalized spacial score (nSPS) is 21.3. The Morgan fingerprint density at radius 3 is 2.50 bits per heavy atom. The van der Waals surface area contributed by atoms with Crippen molar-refractivity contribution in [1.82, 2.24) is 0 Å². The predicted octanol–water partition coefficient (Wildman–Crippen LogP) is 4.09. The first-order valence-electron chi connectivity index (χ1n) is 5.63. The van der Waals surface area contributed by atoms with Crippen LogP contribution in [0.2, 0.25) is 0 Å². The van der Waals surface area contributed by atoms with E-state index < -0.39 is 0 Å². The van der Waals surface area contributed by atoms with Gasteiger partial charge in [0.2, 0.25) is 0 Å². The van der Waals surface area contributed by atoms with Crippen molar-refractivity contribution < 1.29 is 0 Å². The molecule has 0 atom stereocenters. The molecule has 1 aromatic rings. The van der Waals surface area contributed by atoms with Crippen LogP contribution in [-0.2, 0) is 0 Å². The van der Waals surface area contributed by atoms with Crippen molar-refractivity contribution >= 4 is 27.3 Å². The van der Waals surface area contributed by atoms with Gasteiger partial charge in [0, 0.05) is 22.0 Å². The Morgan fingerprint density at radius 2 is 1.81 bits per heavy atom. The molecule has 0 saturated heterocycles. The summed E-state index contributed by atoms with van der Waals surface area (Å²) in [5.41, 5.74) is 2.61. The number of hydrogen-bond acceptors (Lipinski definition) is 2. The Morgan fingerprint density at radius 1 is 1.12 bits per heavy atom. The molecule has 0 spiro atoms. The van der Waals surface area contributed by atoms with Crippen LogP contribution in [0.15, 0.2) is 22.7 Å². The van der Waals surface area contributed by atoms with Crippen LogP contribution in [0, 0.1) is 5.41 Å². The van der Waals surface area contributed by atoms with E-state index in [2.05, 4.69) is 72.5 Å². The van der Waals surface area contributed by atoms with Gasteiger partial charge in [0.05, 0.1) is 11.4 Å². The van der Waals surface area contributed by atoms with Gasteiger partial charge in [0.15, 0.2) is 0 Å². The zero-order chi connectivity index (χ0) is 12.0. The number of halogens is 1. The molecule has 0 aliphatic carbocycles. The van der Waals surface area contributed by atoms with Gasteiger partial charge in [-0.25, -0.2) is 0 Å². The summed E-state index contributed by atoms with van der Waals surface area (Å²) < 4.78 is 1.11. The van der Waals surface area contributed by atoms with Crippen LogP contribution in [0.4, 0.5) is 11.4 Å². The van der Waals surface area contributed by atoms with Crippen molar-refractivity contribution in [3.8, 4) is 0 Å². The van der Waals surface area contributed by atoms with Crippen LogP contribution in [0.1, 0.15) is 27.7 Å². The molecule has 1 aliphatic rings. The van der Waals surface area contributed by atoms with Gasteiger partial charge >= 0.3 is 0 Å². The highest BCUT2D eigenvalue weighted by molar-refractivity contribution is 9.10. The number of nitrogens with one attached hydrogen (secondary N) is 2. The summed E-state index contributed by atoms with van der Waals surface area (Å²) in [6.07, 6.45) is 0. The summed E-state index contributed by atoms with van der Waals surface area (Å²) in [6.45, 7) is 10.1. The average molecular weight is 283 g/mol. The minimum Gasteiger partial charge on any atom is -0.383 e. The van der Waals surface area contributed by atoms with Crippen LogP contribution < -0.4 is 10.6 Å². The molecule has 2 N–H and O–H groups in total. The Bertz CT molecular complexity index is 410. The first kappa shape index (κ1) is 11.8. The van der Waals surface area contributed by atoms with E-state index >= 15 is 0 Å². The lowest BCUT2D eigenvalue weighted by Crippen LogP contribution is -2.47. The second-order valence-electron chi connectivity index (χ2n) is 5.68. The smallest absolute Gasteiger partial charge is 0.0591 e. The molecule has 0 bridgehead atoms. The monoisotopic (exact) mass is 282 g/mol. The zero-order valence-corrected chi connectivity index (χ0v) is 11.9. The molecule has 1 aliphatic heterocycles. The maximum atomic E-state index is 3.64. The van der Waals surface area contributed by atoms with E-state index in [9.17, 15) is 0 Å². The van der Waals surface area contributed by atoms with Crippen molar-refractivity contribution in [2.75, 3.05) is 17.2 Å². The quantitative estimate of drug-likeness (QED) is 0.749. The fraction of sp³-hybridized carbons (Fsp3) is 0.538. The Labute approximate surface area is 106 Å². The van der Waals surface area contributed by atoms with Gasteiger partial charge in [-0.15, -0.1) is 0 Å². The van der Waals surface area contributed by atoms with E-state index in [0.717, 1.165) is 11.0 Å².